The molecule has 0 aliphatic rings. The molecule has 0 unspecified atom stereocenters. The molecule has 10 nitrogen and oxygen atoms in total. The Kier molecular flexibility index (Phi) is 6.55. The lowest BCUT2D eigenvalue weighted by Gasteiger charge is -2.08. The number of imidazole rings is 1. The maximum absolute atomic E-state index is 12.4. The molecule has 5 rings (SSSR count). The zero-order valence-electron chi connectivity index (χ0n) is 19.0. The lowest BCUT2D eigenvalue weighted by atomic mass is 10.1. The highest BCUT2D eigenvalue weighted by molar-refractivity contribution is 6.35. The fourth-order valence-corrected chi connectivity index (χ4v) is 4.42. The van der Waals surface area contributed by atoms with Crippen LogP contribution >= 0.6 is 23.2 Å². The summed E-state index contributed by atoms with van der Waals surface area (Å²) in [6, 6.07) is 18.1. The minimum absolute atomic E-state index is 0.0780. The van der Waals surface area contributed by atoms with Gasteiger partial charge in [-0.1, -0.05) is 46.5 Å². The molecule has 3 aromatic carbocycles. The summed E-state index contributed by atoms with van der Waals surface area (Å²) in [5.41, 5.74) is 5.30. The molecule has 12 heteroatoms. The summed E-state index contributed by atoms with van der Waals surface area (Å²) < 4.78 is 4.01. The van der Waals surface area contributed by atoms with Crippen LogP contribution in [0.4, 0.5) is 11.6 Å². The monoisotopic (exact) mass is 522 g/mol. The smallest absolute Gasteiger partial charge is 0.270 e. The van der Waals surface area contributed by atoms with Crippen molar-refractivity contribution >= 4 is 51.8 Å². The fourth-order valence-electron chi connectivity index (χ4n) is 3.91. The number of aryl methyl sites for hydroxylation is 1. The number of H-pyrrole nitrogens is 1. The molecule has 36 heavy (non-hydrogen) atoms. The number of nitrogens with zero attached hydrogens (tertiary/aromatic N) is 6. The van der Waals surface area contributed by atoms with Gasteiger partial charge in [-0.2, -0.15) is 5.21 Å². The molecular formula is C24H20Cl2N8O2. The molecule has 0 spiro atoms. The maximum Gasteiger partial charge on any atom is 0.270 e. The molecule has 2 heterocycles. The zero-order valence-corrected chi connectivity index (χ0v) is 20.5. The Morgan fingerprint density at radius 2 is 1.75 bits per heavy atom. The quantitative estimate of drug-likeness (QED) is 0.312. The van der Waals surface area contributed by atoms with E-state index in [9.17, 15) is 9.90 Å². The van der Waals surface area contributed by atoms with Crippen LogP contribution in [0, 0.1) is 0 Å². The van der Waals surface area contributed by atoms with Gasteiger partial charge in [-0.05, 0) is 58.8 Å². The Morgan fingerprint density at radius 1 is 1.03 bits per heavy atom. The fraction of sp³-hybridized carbons (Fsp3) is 0.125. The predicted molar refractivity (Wildman–Crippen MR) is 136 cm³/mol. The summed E-state index contributed by atoms with van der Waals surface area (Å²) in [6.45, 7) is 0.386. The zero-order chi connectivity index (χ0) is 25.2. The first-order chi connectivity index (χ1) is 17.4. The van der Waals surface area contributed by atoms with E-state index in [1.165, 1.54) is 0 Å². The van der Waals surface area contributed by atoms with E-state index in [-0.39, 0.29) is 18.5 Å². The highest BCUT2D eigenvalue weighted by atomic mass is 35.5. The van der Waals surface area contributed by atoms with Crippen molar-refractivity contribution in [1.82, 2.24) is 29.8 Å². The van der Waals surface area contributed by atoms with E-state index in [0.29, 0.717) is 33.5 Å². The molecule has 182 valence electrons. The van der Waals surface area contributed by atoms with Crippen molar-refractivity contribution in [3.8, 4) is 0 Å². The summed E-state index contributed by atoms with van der Waals surface area (Å²) in [4.78, 5) is 17.3. The molecule has 2 aromatic heterocycles. The average Bonchev–Trinajstić information content (AvgIpc) is 3.46. The number of benzene rings is 3. The van der Waals surface area contributed by atoms with E-state index in [4.69, 9.17) is 28.2 Å². The summed E-state index contributed by atoms with van der Waals surface area (Å²) >= 11 is 12.4. The van der Waals surface area contributed by atoms with E-state index >= 15 is 0 Å². The Balaban J connectivity index is 1.56. The number of aromatic nitrogens is 6. The van der Waals surface area contributed by atoms with E-state index in [0.717, 1.165) is 22.2 Å². The van der Waals surface area contributed by atoms with Crippen molar-refractivity contribution in [3.63, 3.8) is 0 Å². The topological polar surface area (TPSA) is 126 Å². The number of aliphatic hydroxyl groups is 1. The SMILES string of the molecule is Cn1c(=Nc2cc(Cl)cc(Cl)c2)n(Cc2ccc(C(=O)Nc3nn[nH]n3)cc2)c2cc(CO)ccc21. The first kappa shape index (κ1) is 23.7. The third-order valence-corrected chi connectivity index (χ3v) is 6.06. The molecule has 3 N–H and O–H groups in total. The van der Waals surface area contributed by atoms with Crippen LogP contribution in [0.3, 0.4) is 0 Å². The van der Waals surface area contributed by atoms with Gasteiger partial charge in [0.15, 0.2) is 0 Å². The van der Waals surface area contributed by atoms with Gasteiger partial charge in [-0.25, -0.2) is 4.99 Å². The number of tetrazole rings is 1. The lowest BCUT2D eigenvalue weighted by Crippen LogP contribution is -2.24. The van der Waals surface area contributed by atoms with Crippen molar-refractivity contribution in [2.75, 3.05) is 5.32 Å². The van der Waals surface area contributed by atoms with Crippen LogP contribution in [-0.2, 0) is 20.2 Å². The van der Waals surface area contributed by atoms with Gasteiger partial charge in [-0.3, -0.25) is 10.1 Å². The largest absolute Gasteiger partial charge is 0.392 e. The number of aromatic amines is 1. The number of nitrogens with one attached hydrogen (secondary N) is 2. The van der Waals surface area contributed by atoms with Gasteiger partial charge in [-0.15, -0.1) is 5.10 Å². The number of fused-ring (bicyclic) bond motifs is 1. The van der Waals surface area contributed by atoms with Crippen molar-refractivity contribution in [2.45, 2.75) is 13.2 Å². The van der Waals surface area contributed by atoms with Crippen molar-refractivity contribution in [3.05, 3.63) is 93.0 Å². The van der Waals surface area contributed by atoms with Crippen LogP contribution < -0.4 is 10.9 Å². The van der Waals surface area contributed by atoms with Crippen LogP contribution in [-0.4, -0.2) is 40.8 Å². The van der Waals surface area contributed by atoms with Crippen molar-refractivity contribution in [1.29, 1.82) is 0 Å². The van der Waals surface area contributed by atoms with E-state index < -0.39 is 0 Å². The van der Waals surface area contributed by atoms with Gasteiger partial charge in [0, 0.05) is 22.7 Å². The lowest BCUT2D eigenvalue weighted by molar-refractivity contribution is 0.102. The van der Waals surface area contributed by atoms with Gasteiger partial charge >= 0.3 is 0 Å². The number of rotatable bonds is 6. The maximum atomic E-state index is 12.4. The summed E-state index contributed by atoms with van der Waals surface area (Å²) in [5.74, 6) is -0.246. The molecule has 0 bridgehead atoms. The third-order valence-electron chi connectivity index (χ3n) is 5.62. The Morgan fingerprint density at radius 3 is 2.42 bits per heavy atom. The average molecular weight is 523 g/mol. The van der Waals surface area contributed by atoms with Crippen molar-refractivity contribution in [2.24, 2.45) is 12.0 Å². The summed E-state index contributed by atoms with van der Waals surface area (Å²) in [7, 11) is 1.92. The Bertz CT molecular complexity index is 1600. The summed E-state index contributed by atoms with van der Waals surface area (Å²) in [5, 5.41) is 26.4. The first-order valence-corrected chi connectivity index (χ1v) is 11.6. The summed E-state index contributed by atoms with van der Waals surface area (Å²) in [6.07, 6.45) is 0. The van der Waals surface area contributed by atoms with Gasteiger partial charge in [0.1, 0.15) is 0 Å². The minimum atomic E-state index is -0.345. The molecule has 0 saturated heterocycles. The molecule has 0 atom stereocenters. The van der Waals surface area contributed by atoms with E-state index in [1.807, 2.05) is 46.5 Å². The number of aliphatic hydroxyl groups excluding tert-OH is 1. The van der Waals surface area contributed by atoms with Crippen LogP contribution in [0.1, 0.15) is 21.5 Å². The van der Waals surface area contributed by atoms with Crippen LogP contribution in [0.25, 0.3) is 11.0 Å². The Labute approximate surface area is 214 Å². The van der Waals surface area contributed by atoms with Gasteiger partial charge in [0.2, 0.25) is 5.62 Å². The number of carbonyl (C=O) groups excluding carboxylic acids is 1. The second kappa shape index (κ2) is 9.94. The number of hydrogen-bond acceptors (Lipinski definition) is 6. The number of halogens is 2. The number of anilines is 1. The number of amides is 1. The second-order valence-corrected chi connectivity index (χ2v) is 8.93. The van der Waals surface area contributed by atoms with E-state index in [2.05, 4.69) is 25.9 Å². The molecule has 0 radical (unpaired) electrons. The molecule has 0 aliphatic carbocycles. The second-order valence-electron chi connectivity index (χ2n) is 8.05. The van der Waals surface area contributed by atoms with Crippen LogP contribution in [0.5, 0.6) is 0 Å². The van der Waals surface area contributed by atoms with E-state index in [1.54, 1.807) is 30.3 Å². The minimum Gasteiger partial charge on any atom is -0.392 e. The van der Waals surface area contributed by atoms with Gasteiger partial charge in [0.05, 0.1) is 29.9 Å². The molecule has 0 aliphatic heterocycles. The standard InChI is InChI=1S/C24H20Cl2N8O2/c1-33-20-7-4-15(13-35)8-21(20)34(24(33)27-19-10-17(25)9-18(26)11-19)12-14-2-5-16(6-3-14)22(36)28-23-29-31-32-30-23/h2-11,35H,12-13H2,1H3,(H2,28,29,30,31,32,36). The van der Waals surface area contributed by atoms with Crippen LogP contribution in [0.15, 0.2) is 65.7 Å². The van der Waals surface area contributed by atoms with Gasteiger partial charge < -0.3 is 14.2 Å². The molecule has 5 aromatic rings. The highest BCUT2D eigenvalue weighted by Gasteiger charge is 2.13. The molecular weight excluding hydrogens is 503 g/mol. The molecule has 1 amide bonds. The number of carbonyl (C=O) groups is 1. The predicted octanol–water partition coefficient (Wildman–Crippen LogP) is 3.83. The molecule has 0 saturated carbocycles. The van der Waals surface area contributed by atoms with Crippen LogP contribution in [0.2, 0.25) is 10.0 Å². The third kappa shape index (κ3) is 4.87. The highest BCUT2D eigenvalue weighted by Crippen LogP contribution is 2.25. The van der Waals surface area contributed by atoms with Gasteiger partial charge in [0.25, 0.3) is 11.9 Å². The first-order valence-electron chi connectivity index (χ1n) is 10.8. The molecule has 0 fully saturated rings. The normalized spacial score (nSPS) is 11.8. The Hall–Kier alpha value is -3.99. The van der Waals surface area contributed by atoms with Crippen molar-refractivity contribution < 1.29 is 9.90 Å². The number of hydrogen-bond donors (Lipinski definition) is 3.